The van der Waals surface area contributed by atoms with Crippen LogP contribution in [-0.2, 0) is 11.2 Å². The molecule has 21 heavy (non-hydrogen) atoms. The van der Waals surface area contributed by atoms with Crippen LogP contribution in [0, 0.1) is 5.82 Å². The van der Waals surface area contributed by atoms with Gasteiger partial charge in [-0.05, 0) is 26.2 Å². The van der Waals surface area contributed by atoms with Crippen LogP contribution in [0.4, 0.5) is 15.0 Å². The first-order chi connectivity index (χ1) is 10.2. The number of hydrogen-bond donors (Lipinski definition) is 1. The second kappa shape index (κ2) is 7.19. The highest BCUT2D eigenvalue weighted by Gasteiger charge is 2.24. The average molecular weight is 296 g/mol. The molecule has 0 spiro atoms. The number of amides is 1. The van der Waals surface area contributed by atoms with Crippen LogP contribution in [0.5, 0.6) is 0 Å². The molecule has 1 N–H and O–H groups in total. The van der Waals surface area contributed by atoms with Crippen molar-refractivity contribution in [3.8, 4) is 0 Å². The molecule has 7 heteroatoms. The van der Waals surface area contributed by atoms with Gasteiger partial charge in [0.1, 0.15) is 6.33 Å². The Morgan fingerprint density at radius 3 is 2.76 bits per heavy atom. The van der Waals surface area contributed by atoms with Crippen molar-refractivity contribution in [1.29, 1.82) is 0 Å². The highest BCUT2D eigenvalue weighted by Crippen LogP contribution is 2.19. The normalized spacial score (nSPS) is 15.9. The molecule has 0 aliphatic carbocycles. The summed E-state index contributed by atoms with van der Waals surface area (Å²) in [7, 11) is 0. The van der Waals surface area contributed by atoms with Crippen molar-refractivity contribution in [3.63, 3.8) is 0 Å². The van der Waals surface area contributed by atoms with Gasteiger partial charge in [0.05, 0.1) is 12.3 Å². The minimum atomic E-state index is -0.382. The Hall–Kier alpha value is -1.92. The summed E-state index contributed by atoms with van der Waals surface area (Å²) in [6, 6.07) is 0.102. The van der Waals surface area contributed by atoms with Gasteiger partial charge < -0.3 is 15.0 Å². The Labute approximate surface area is 123 Å². The number of hydrogen-bond acceptors (Lipinski definition) is 5. The summed E-state index contributed by atoms with van der Waals surface area (Å²) in [6.45, 7) is 5.22. The summed E-state index contributed by atoms with van der Waals surface area (Å²) < 4.78 is 19.0. The lowest BCUT2D eigenvalue weighted by Gasteiger charge is -2.31. The quantitative estimate of drug-likeness (QED) is 0.922. The van der Waals surface area contributed by atoms with E-state index in [1.165, 1.54) is 6.33 Å². The Morgan fingerprint density at radius 1 is 1.43 bits per heavy atom. The lowest BCUT2D eigenvalue weighted by molar-refractivity contribution is 0.0983. The van der Waals surface area contributed by atoms with Gasteiger partial charge in [-0.3, -0.25) is 0 Å². The predicted molar refractivity (Wildman–Crippen MR) is 76.6 cm³/mol. The van der Waals surface area contributed by atoms with Crippen molar-refractivity contribution in [2.75, 3.05) is 25.0 Å². The molecule has 0 bridgehead atoms. The van der Waals surface area contributed by atoms with E-state index >= 15 is 0 Å². The molecule has 2 rings (SSSR count). The number of nitrogens with one attached hydrogen (secondary N) is 1. The number of anilines is 1. The molecule has 1 saturated heterocycles. The number of ether oxygens (including phenoxy) is 1. The van der Waals surface area contributed by atoms with E-state index in [4.69, 9.17) is 4.74 Å². The van der Waals surface area contributed by atoms with E-state index < -0.39 is 0 Å². The molecule has 0 radical (unpaired) electrons. The maximum atomic E-state index is 14.1. The van der Waals surface area contributed by atoms with E-state index in [9.17, 15) is 9.18 Å². The van der Waals surface area contributed by atoms with E-state index in [2.05, 4.69) is 15.3 Å². The number of aryl methyl sites for hydroxylation is 1. The molecule has 2 heterocycles. The van der Waals surface area contributed by atoms with Crippen LogP contribution in [0.1, 0.15) is 32.4 Å². The fraction of sp³-hybridized carbons (Fsp3) is 0.643. The van der Waals surface area contributed by atoms with Crippen LogP contribution in [0.15, 0.2) is 6.33 Å². The summed E-state index contributed by atoms with van der Waals surface area (Å²) in [5, 5.41) is 3.11. The Kier molecular flexibility index (Phi) is 5.30. The van der Waals surface area contributed by atoms with Gasteiger partial charge in [0.25, 0.3) is 0 Å². The van der Waals surface area contributed by atoms with Gasteiger partial charge in [-0.25, -0.2) is 19.2 Å². The zero-order valence-electron chi connectivity index (χ0n) is 12.4. The number of likely N-dealkylation sites (tertiary alicyclic amines) is 1. The monoisotopic (exact) mass is 296 g/mol. The van der Waals surface area contributed by atoms with Crippen LogP contribution in [-0.4, -0.2) is 46.7 Å². The van der Waals surface area contributed by atoms with E-state index in [1.54, 1.807) is 11.8 Å². The highest BCUT2D eigenvalue weighted by molar-refractivity contribution is 5.67. The molecule has 6 nitrogen and oxygen atoms in total. The largest absolute Gasteiger partial charge is 0.450 e. The molecule has 1 amide bonds. The van der Waals surface area contributed by atoms with Gasteiger partial charge in [0, 0.05) is 19.1 Å². The number of nitrogens with zero attached hydrogens (tertiary/aromatic N) is 3. The van der Waals surface area contributed by atoms with Crippen LogP contribution in [0.2, 0.25) is 0 Å². The highest BCUT2D eigenvalue weighted by atomic mass is 19.1. The average Bonchev–Trinajstić information content (AvgIpc) is 2.50. The Morgan fingerprint density at radius 2 is 2.14 bits per heavy atom. The van der Waals surface area contributed by atoms with Crippen LogP contribution in [0.3, 0.4) is 0 Å². The zero-order valence-corrected chi connectivity index (χ0v) is 12.4. The number of carbonyl (C=O) groups is 1. The number of rotatable bonds is 4. The number of aromatic nitrogens is 2. The van der Waals surface area contributed by atoms with E-state index in [0.717, 1.165) is 12.8 Å². The maximum absolute atomic E-state index is 14.1. The lowest BCUT2D eigenvalue weighted by Crippen LogP contribution is -2.42. The van der Waals surface area contributed by atoms with Gasteiger partial charge >= 0.3 is 6.09 Å². The fourth-order valence-electron chi connectivity index (χ4n) is 2.37. The van der Waals surface area contributed by atoms with E-state index in [0.29, 0.717) is 31.8 Å². The second-order valence-electron chi connectivity index (χ2n) is 4.94. The summed E-state index contributed by atoms with van der Waals surface area (Å²) in [4.78, 5) is 21.2. The van der Waals surface area contributed by atoms with Crippen molar-refractivity contribution in [3.05, 3.63) is 17.8 Å². The first kappa shape index (κ1) is 15.5. The number of carbonyl (C=O) groups excluding carboxylic acids is 1. The minimum absolute atomic E-state index is 0.102. The molecule has 0 unspecified atom stereocenters. The van der Waals surface area contributed by atoms with E-state index in [1.807, 2.05) is 6.92 Å². The summed E-state index contributed by atoms with van der Waals surface area (Å²) in [5.41, 5.74) is 0.413. The first-order valence-corrected chi connectivity index (χ1v) is 7.33. The van der Waals surface area contributed by atoms with Crippen molar-refractivity contribution in [2.24, 2.45) is 0 Å². The molecule has 1 aliphatic rings. The van der Waals surface area contributed by atoms with Crippen LogP contribution < -0.4 is 5.32 Å². The Balaban J connectivity index is 1.90. The van der Waals surface area contributed by atoms with Crippen LogP contribution in [0.25, 0.3) is 0 Å². The number of piperidine rings is 1. The summed E-state index contributed by atoms with van der Waals surface area (Å²) in [6.07, 6.45) is 3.10. The van der Waals surface area contributed by atoms with Crippen molar-refractivity contribution in [1.82, 2.24) is 14.9 Å². The van der Waals surface area contributed by atoms with Gasteiger partial charge in [-0.1, -0.05) is 6.92 Å². The maximum Gasteiger partial charge on any atom is 0.409 e. The molecule has 0 aromatic carbocycles. The van der Waals surface area contributed by atoms with Gasteiger partial charge in [-0.2, -0.15) is 0 Å². The van der Waals surface area contributed by atoms with Crippen molar-refractivity contribution >= 4 is 11.9 Å². The molecule has 1 aromatic rings. The lowest BCUT2D eigenvalue weighted by atomic mass is 10.1. The smallest absolute Gasteiger partial charge is 0.409 e. The third-order valence-electron chi connectivity index (χ3n) is 3.56. The van der Waals surface area contributed by atoms with Crippen molar-refractivity contribution < 1.29 is 13.9 Å². The van der Waals surface area contributed by atoms with Crippen molar-refractivity contribution in [2.45, 2.75) is 39.2 Å². The molecule has 116 valence electrons. The number of halogens is 1. The van der Waals surface area contributed by atoms with Gasteiger partial charge in [0.2, 0.25) is 0 Å². The fourth-order valence-corrected chi connectivity index (χ4v) is 2.37. The third-order valence-corrected chi connectivity index (χ3v) is 3.56. The van der Waals surface area contributed by atoms with Gasteiger partial charge in [0.15, 0.2) is 11.6 Å². The summed E-state index contributed by atoms with van der Waals surface area (Å²) >= 11 is 0. The standard InChI is InChI=1S/C14H21FN4O2/c1-3-11-12(15)13(17-9-16-11)18-10-5-7-19(8-6-10)14(20)21-4-2/h9-10H,3-8H2,1-2H3,(H,16,17,18). The third kappa shape index (κ3) is 3.80. The molecule has 0 atom stereocenters. The molecular weight excluding hydrogens is 275 g/mol. The van der Waals surface area contributed by atoms with Gasteiger partial charge in [-0.15, -0.1) is 0 Å². The molecule has 0 saturated carbocycles. The first-order valence-electron chi connectivity index (χ1n) is 7.33. The topological polar surface area (TPSA) is 67.3 Å². The van der Waals surface area contributed by atoms with Crippen LogP contribution >= 0.6 is 0 Å². The minimum Gasteiger partial charge on any atom is -0.450 e. The molecule has 1 aromatic heterocycles. The zero-order chi connectivity index (χ0) is 15.2. The SMILES string of the molecule is CCOC(=O)N1CCC(Nc2ncnc(CC)c2F)CC1. The predicted octanol–water partition coefficient (Wildman–Crippen LogP) is 2.21. The van der Waals surface area contributed by atoms with E-state index in [-0.39, 0.29) is 23.8 Å². The molecule has 1 aliphatic heterocycles. The Bertz CT molecular complexity index is 490. The molecular formula is C14H21FN4O2. The second-order valence-corrected chi connectivity index (χ2v) is 4.94. The summed E-state index contributed by atoms with van der Waals surface area (Å²) in [5.74, 6) is -0.135. The molecule has 1 fully saturated rings.